The van der Waals surface area contributed by atoms with Gasteiger partial charge in [0.15, 0.2) is 0 Å². The zero-order chi connectivity index (χ0) is 22.5. The van der Waals surface area contributed by atoms with Gasteiger partial charge < -0.3 is 0 Å². The minimum Gasteiger partial charge on any atom is -0.264 e. The Hall–Kier alpha value is -3.26. The number of nitrogens with zero attached hydrogens (tertiary/aromatic N) is 2. The fourth-order valence-corrected chi connectivity index (χ4v) is 4.27. The normalized spacial score (nSPS) is 11.3. The van der Waals surface area contributed by atoms with E-state index in [9.17, 15) is 0 Å². The minimum absolute atomic E-state index is 0.412. The maximum atomic E-state index is 4.57. The third kappa shape index (κ3) is 5.31. The van der Waals surface area contributed by atoms with E-state index in [0.29, 0.717) is 11.8 Å². The van der Waals surface area contributed by atoms with Gasteiger partial charge in [0, 0.05) is 35.9 Å². The first-order valence-electron chi connectivity index (χ1n) is 11.6. The summed E-state index contributed by atoms with van der Waals surface area (Å²) < 4.78 is 0. The second kappa shape index (κ2) is 9.91. The van der Waals surface area contributed by atoms with Gasteiger partial charge in [-0.1, -0.05) is 76.2 Å². The van der Waals surface area contributed by atoms with Crippen LogP contribution in [0.5, 0.6) is 0 Å². The Morgan fingerprint density at radius 2 is 1.31 bits per heavy atom. The Balaban J connectivity index is 1.68. The maximum Gasteiger partial charge on any atom is 0.0346 e. The molecule has 0 saturated carbocycles. The predicted molar refractivity (Wildman–Crippen MR) is 135 cm³/mol. The molecule has 32 heavy (non-hydrogen) atoms. The highest BCUT2D eigenvalue weighted by Crippen LogP contribution is 2.33. The first-order valence-corrected chi connectivity index (χ1v) is 11.6. The summed E-state index contributed by atoms with van der Waals surface area (Å²) in [5.74, 6) is 1.03. The highest BCUT2D eigenvalue weighted by Gasteiger charge is 2.13. The van der Waals surface area contributed by atoms with Gasteiger partial charge in [0.25, 0.3) is 0 Å². The Morgan fingerprint density at radius 1 is 0.625 bits per heavy atom. The molecule has 0 spiro atoms. The van der Waals surface area contributed by atoms with Crippen LogP contribution < -0.4 is 0 Å². The van der Waals surface area contributed by atoms with E-state index in [1.807, 2.05) is 24.8 Å². The van der Waals surface area contributed by atoms with E-state index in [-0.39, 0.29) is 0 Å². The lowest BCUT2D eigenvalue weighted by molar-refractivity contribution is 0.646. The number of aromatic nitrogens is 2. The summed E-state index contributed by atoms with van der Waals surface area (Å²) >= 11 is 0. The van der Waals surface area contributed by atoms with Gasteiger partial charge in [-0.15, -0.1) is 0 Å². The van der Waals surface area contributed by atoms with Crippen molar-refractivity contribution in [3.8, 4) is 22.3 Å². The van der Waals surface area contributed by atoms with Crippen LogP contribution in [0, 0.1) is 5.92 Å². The van der Waals surface area contributed by atoms with Crippen molar-refractivity contribution in [2.24, 2.45) is 5.92 Å². The average molecular weight is 421 g/mol. The molecule has 0 radical (unpaired) electrons. The summed E-state index contributed by atoms with van der Waals surface area (Å²) in [6, 6.07) is 22.0. The molecule has 0 saturated heterocycles. The summed E-state index contributed by atoms with van der Waals surface area (Å²) in [6.45, 7) is 9.02. The molecular formula is C30H32N2. The fraction of sp³-hybridized carbons (Fsp3) is 0.267. The molecule has 0 atom stereocenters. The molecule has 4 aromatic rings. The predicted octanol–water partition coefficient (Wildman–Crippen LogP) is 7.72. The van der Waals surface area contributed by atoms with Crippen LogP contribution in [0.25, 0.3) is 22.3 Å². The lowest BCUT2D eigenvalue weighted by Crippen LogP contribution is -1.97. The molecule has 0 aliphatic heterocycles. The number of pyridine rings is 2. The molecular weight excluding hydrogens is 388 g/mol. The summed E-state index contributed by atoms with van der Waals surface area (Å²) in [7, 11) is 0. The molecule has 0 fully saturated rings. The first kappa shape index (κ1) is 22.0. The number of hydrogen-bond donors (Lipinski definition) is 0. The second-order valence-electron chi connectivity index (χ2n) is 9.38. The first-order chi connectivity index (χ1) is 15.5. The molecule has 0 aliphatic rings. The number of hydrogen-bond acceptors (Lipinski definition) is 2. The topological polar surface area (TPSA) is 25.8 Å². The lowest BCUT2D eigenvalue weighted by Gasteiger charge is -2.16. The molecule has 0 unspecified atom stereocenters. The van der Waals surface area contributed by atoms with Crippen LogP contribution in [0.15, 0.2) is 85.5 Å². The van der Waals surface area contributed by atoms with Crippen molar-refractivity contribution in [2.75, 3.05) is 0 Å². The third-order valence-electron chi connectivity index (χ3n) is 5.80. The van der Waals surface area contributed by atoms with Crippen molar-refractivity contribution in [3.63, 3.8) is 0 Å². The van der Waals surface area contributed by atoms with E-state index in [2.05, 4.69) is 98.3 Å². The van der Waals surface area contributed by atoms with Crippen LogP contribution in [0.2, 0.25) is 0 Å². The molecule has 4 rings (SSSR count). The van der Waals surface area contributed by atoms with E-state index >= 15 is 0 Å². The van der Waals surface area contributed by atoms with Crippen molar-refractivity contribution < 1.29 is 0 Å². The largest absolute Gasteiger partial charge is 0.264 e. The number of benzene rings is 2. The van der Waals surface area contributed by atoms with Crippen molar-refractivity contribution in [1.29, 1.82) is 0 Å². The molecule has 2 heterocycles. The van der Waals surface area contributed by atoms with E-state index in [1.54, 1.807) is 0 Å². The zero-order valence-corrected chi connectivity index (χ0v) is 19.5. The van der Waals surface area contributed by atoms with Gasteiger partial charge in [0.05, 0.1) is 0 Å². The van der Waals surface area contributed by atoms with E-state index < -0.39 is 0 Å². The van der Waals surface area contributed by atoms with Gasteiger partial charge in [-0.05, 0) is 70.2 Å². The van der Waals surface area contributed by atoms with E-state index in [1.165, 1.54) is 44.5 Å². The second-order valence-corrected chi connectivity index (χ2v) is 9.38. The molecule has 0 amide bonds. The van der Waals surface area contributed by atoms with Crippen molar-refractivity contribution in [1.82, 2.24) is 9.97 Å². The minimum atomic E-state index is 0.412. The number of rotatable bonds is 7. The van der Waals surface area contributed by atoms with Crippen molar-refractivity contribution in [2.45, 2.75) is 46.5 Å². The highest BCUT2D eigenvalue weighted by molar-refractivity contribution is 5.74. The van der Waals surface area contributed by atoms with Gasteiger partial charge in [-0.2, -0.15) is 0 Å². The quantitative estimate of drug-likeness (QED) is 0.306. The Bertz CT molecular complexity index is 1180. The van der Waals surface area contributed by atoms with Gasteiger partial charge in [-0.3, -0.25) is 9.97 Å². The standard InChI is InChI=1S/C30H32N2/c1-21(2)12-24-14-27(19-31-17-24)26-10-11-29(30(16-26)22(3)4)28-15-25(18-32-20-28)13-23-8-6-5-7-9-23/h5-11,14-22H,12-13H2,1-4H3. The van der Waals surface area contributed by atoms with Crippen LogP contribution in [0.4, 0.5) is 0 Å². The lowest BCUT2D eigenvalue weighted by atomic mass is 9.89. The smallest absolute Gasteiger partial charge is 0.0346 e. The molecule has 0 bridgehead atoms. The molecule has 2 aromatic heterocycles. The van der Waals surface area contributed by atoms with Crippen molar-refractivity contribution in [3.05, 3.63) is 108 Å². The summed E-state index contributed by atoms with van der Waals surface area (Å²) in [5.41, 5.74) is 10.0. The average Bonchev–Trinajstić information content (AvgIpc) is 2.79. The summed E-state index contributed by atoms with van der Waals surface area (Å²) in [4.78, 5) is 9.08. The monoisotopic (exact) mass is 420 g/mol. The SMILES string of the molecule is CC(C)Cc1cncc(-c2ccc(-c3cncc(Cc4ccccc4)c3)c(C(C)C)c2)c1. The van der Waals surface area contributed by atoms with Crippen LogP contribution in [-0.4, -0.2) is 9.97 Å². The van der Waals surface area contributed by atoms with Crippen LogP contribution in [0.3, 0.4) is 0 Å². The van der Waals surface area contributed by atoms with Crippen molar-refractivity contribution >= 4 is 0 Å². The zero-order valence-electron chi connectivity index (χ0n) is 19.5. The molecule has 162 valence electrons. The van der Waals surface area contributed by atoms with E-state index in [4.69, 9.17) is 0 Å². The molecule has 0 N–H and O–H groups in total. The Morgan fingerprint density at radius 3 is 2.03 bits per heavy atom. The van der Waals surface area contributed by atoms with Gasteiger partial charge >= 0.3 is 0 Å². The van der Waals surface area contributed by atoms with Crippen LogP contribution >= 0.6 is 0 Å². The van der Waals surface area contributed by atoms with Gasteiger partial charge in [-0.25, -0.2) is 0 Å². The molecule has 2 aromatic carbocycles. The van der Waals surface area contributed by atoms with Gasteiger partial charge in [0.1, 0.15) is 0 Å². The maximum absolute atomic E-state index is 4.57. The van der Waals surface area contributed by atoms with Crippen LogP contribution in [-0.2, 0) is 12.8 Å². The fourth-order valence-electron chi connectivity index (χ4n) is 4.27. The molecule has 2 nitrogen and oxygen atoms in total. The molecule has 0 aliphatic carbocycles. The van der Waals surface area contributed by atoms with E-state index in [0.717, 1.165) is 12.8 Å². The third-order valence-corrected chi connectivity index (χ3v) is 5.80. The Kier molecular flexibility index (Phi) is 6.80. The summed E-state index contributed by atoms with van der Waals surface area (Å²) in [5, 5.41) is 0. The molecule has 2 heteroatoms. The highest BCUT2D eigenvalue weighted by atomic mass is 14.6. The summed E-state index contributed by atoms with van der Waals surface area (Å²) in [6.07, 6.45) is 9.88. The van der Waals surface area contributed by atoms with Crippen LogP contribution in [0.1, 0.15) is 55.9 Å². The van der Waals surface area contributed by atoms with Gasteiger partial charge in [0.2, 0.25) is 0 Å². The Labute approximate surface area is 192 Å².